The second kappa shape index (κ2) is 8.09. The number of hydrogen-bond acceptors (Lipinski definition) is 5. The van der Waals surface area contributed by atoms with Gasteiger partial charge in [0.15, 0.2) is 0 Å². The number of aryl methyl sites for hydroxylation is 1. The van der Waals surface area contributed by atoms with E-state index in [2.05, 4.69) is 18.6 Å². The smallest absolute Gasteiger partial charge is 0.250 e. The second-order valence-corrected chi connectivity index (χ2v) is 8.20. The van der Waals surface area contributed by atoms with Crippen molar-refractivity contribution in [3.63, 3.8) is 0 Å². The van der Waals surface area contributed by atoms with Gasteiger partial charge in [-0.25, -0.2) is 13.1 Å². The van der Waals surface area contributed by atoms with Crippen LogP contribution in [-0.2, 0) is 21.3 Å². The molecule has 0 fully saturated rings. The molecule has 0 atom stereocenters. The second-order valence-electron chi connectivity index (χ2n) is 5.07. The third-order valence-electron chi connectivity index (χ3n) is 2.83. The lowest BCUT2D eigenvalue weighted by Crippen LogP contribution is -2.27. The van der Waals surface area contributed by atoms with Crippen LogP contribution in [0.2, 0.25) is 0 Å². The zero-order chi connectivity index (χ0) is 15.2. The number of thiophene rings is 1. The van der Waals surface area contributed by atoms with Crippen molar-refractivity contribution in [3.8, 4) is 0 Å². The van der Waals surface area contributed by atoms with Crippen LogP contribution < -0.4 is 10.5 Å². The summed E-state index contributed by atoms with van der Waals surface area (Å²) in [6.45, 7) is 7.82. The van der Waals surface area contributed by atoms with Crippen molar-refractivity contribution in [3.05, 3.63) is 16.5 Å². The highest BCUT2D eigenvalue weighted by Crippen LogP contribution is 2.25. The maximum atomic E-state index is 12.1. The third-order valence-corrected chi connectivity index (χ3v) is 6.02. The van der Waals surface area contributed by atoms with E-state index in [1.807, 2.05) is 6.92 Å². The van der Waals surface area contributed by atoms with Crippen LogP contribution in [-0.4, -0.2) is 28.2 Å². The van der Waals surface area contributed by atoms with E-state index < -0.39 is 10.0 Å². The molecule has 1 rings (SSSR count). The number of sulfonamides is 1. The number of ether oxygens (including phenoxy) is 1. The fraction of sp³-hybridized carbons (Fsp3) is 0.692. The summed E-state index contributed by atoms with van der Waals surface area (Å²) >= 11 is 1.22. The quantitative estimate of drug-likeness (QED) is 0.680. The summed E-state index contributed by atoms with van der Waals surface area (Å²) in [4.78, 5) is 0.901. The molecule has 1 aromatic heterocycles. The van der Waals surface area contributed by atoms with Crippen molar-refractivity contribution in [1.82, 2.24) is 4.72 Å². The average molecular weight is 320 g/mol. The fourth-order valence-electron chi connectivity index (χ4n) is 1.56. The Morgan fingerprint density at radius 1 is 1.40 bits per heavy atom. The molecule has 1 heterocycles. The van der Waals surface area contributed by atoms with E-state index in [0.717, 1.165) is 16.9 Å². The topological polar surface area (TPSA) is 81.4 Å². The zero-order valence-corrected chi connectivity index (χ0v) is 13.9. The number of hydrogen-bond donors (Lipinski definition) is 2. The minimum atomic E-state index is -3.44. The highest BCUT2D eigenvalue weighted by Gasteiger charge is 2.17. The standard InChI is InChI=1S/C13H24N2O3S2/c1-10(2)4-6-18-7-5-15-20(16,17)13-8-11(3)12(9-14)19-13/h8,10,15H,4-7,9,14H2,1-3H3. The van der Waals surface area contributed by atoms with Gasteiger partial charge in [0.2, 0.25) is 10.0 Å². The van der Waals surface area contributed by atoms with Crippen LogP contribution in [0, 0.1) is 12.8 Å². The molecule has 0 aromatic carbocycles. The molecule has 1 aromatic rings. The highest BCUT2D eigenvalue weighted by atomic mass is 32.2. The van der Waals surface area contributed by atoms with E-state index >= 15 is 0 Å². The molecule has 0 saturated heterocycles. The Balaban J connectivity index is 2.41. The van der Waals surface area contributed by atoms with Gasteiger partial charge in [-0.2, -0.15) is 0 Å². The summed E-state index contributed by atoms with van der Waals surface area (Å²) in [7, 11) is -3.44. The van der Waals surface area contributed by atoms with Gasteiger partial charge in [0.1, 0.15) is 4.21 Å². The summed E-state index contributed by atoms with van der Waals surface area (Å²) in [6.07, 6.45) is 0.983. The van der Waals surface area contributed by atoms with E-state index in [-0.39, 0.29) is 6.54 Å². The molecule has 0 aliphatic rings. The molecule has 7 heteroatoms. The van der Waals surface area contributed by atoms with Gasteiger partial charge < -0.3 is 10.5 Å². The molecule has 116 valence electrons. The van der Waals surface area contributed by atoms with Crippen LogP contribution in [0.1, 0.15) is 30.7 Å². The molecule has 3 N–H and O–H groups in total. The minimum Gasteiger partial charge on any atom is -0.380 e. The Morgan fingerprint density at radius 3 is 2.65 bits per heavy atom. The van der Waals surface area contributed by atoms with Gasteiger partial charge in [-0.15, -0.1) is 11.3 Å². The molecule has 0 bridgehead atoms. The van der Waals surface area contributed by atoms with Crippen LogP contribution in [0.15, 0.2) is 10.3 Å². The fourth-order valence-corrected chi connectivity index (χ4v) is 4.09. The number of rotatable bonds is 9. The molecule has 0 amide bonds. The Labute approximate surface area is 125 Å². The van der Waals surface area contributed by atoms with Gasteiger partial charge in [-0.05, 0) is 30.9 Å². The van der Waals surface area contributed by atoms with Gasteiger partial charge in [0.05, 0.1) is 6.61 Å². The molecule has 5 nitrogen and oxygen atoms in total. The third kappa shape index (κ3) is 5.49. The van der Waals surface area contributed by atoms with E-state index in [1.165, 1.54) is 11.3 Å². The van der Waals surface area contributed by atoms with Crippen LogP contribution in [0.4, 0.5) is 0 Å². The van der Waals surface area contributed by atoms with Gasteiger partial charge in [0.25, 0.3) is 0 Å². The molecule has 0 unspecified atom stereocenters. The summed E-state index contributed by atoms with van der Waals surface area (Å²) in [5.74, 6) is 0.593. The molecule has 20 heavy (non-hydrogen) atoms. The SMILES string of the molecule is Cc1cc(S(=O)(=O)NCCOCCC(C)C)sc1CN. The Kier molecular flexibility index (Phi) is 7.11. The highest BCUT2D eigenvalue weighted by molar-refractivity contribution is 7.91. The van der Waals surface area contributed by atoms with Gasteiger partial charge in [-0.1, -0.05) is 13.8 Å². The zero-order valence-electron chi connectivity index (χ0n) is 12.3. The van der Waals surface area contributed by atoms with Crippen molar-refractivity contribution in [2.75, 3.05) is 19.8 Å². The van der Waals surface area contributed by atoms with Gasteiger partial charge in [0, 0.05) is 24.6 Å². The van der Waals surface area contributed by atoms with E-state index in [9.17, 15) is 8.42 Å². The first-order valence-electron chi connectivity index (χ1n) is 6.73. The molecule has 0 aliphatic carbocycles. The lowest BCUT2D eigenvalue weighted by atomic mass is 10.1. The largest absolute Gasteiger partial charge is 0.380 e. The maximum absolute atomic E-state index is 12.1. The van der Waals surface area contributed by atoms with Crippen LogP contribution in [0.5, 0.6) is 0 Å². The van der Waals surface area contributed by atoms with Crippen LogP contribution in [0.3, 0.4) is 0 Å². The molecule has 0 spiro atoms. The van der Waals surface area contributed by atoms with Crippen LogP contribution >= 0.6 is 11.3 Å². The maximum Gasteiger partial charge on any atom is 0.250 e. The van der Waals surface area contributed by atoms with Crippen molar-refractivity contribution in [2.24, 2.45) is 11.7 Å². The molecule has 0 aliphatic heterocycles. The Morgan fingerprint density at radius 2 is 2.10 bits per heavy atom. The lowest BCUT2D eigenvalue weighted by Gasteiger charge is -2.07. The summed E-state index contributed by atoms with van der Waals surface area (Å²) < 4.78 is 32.4. The predicted octanol–water partition coefficient (Wildman–Crippen LogP) is 1.86. The monoisotopic (exact) mass is 320 g/mol. The van der Waals surface area contributed by atoms with Gasteiger partial charge >= 0.3 is 0 Å². The molecular weight excluding hydrogens is 296 g/mol. The predicted molar refractivity (Wildman–Crippen MR) is 82.4 cm³/mol. The first-order valence-corrected chi connectivity index (χ1v) is 9.03. The molecule has 0 radical (unpaired) electrons. The van der Waals surface area contributed by atoms with E-state index in [4.69, 9.17) is 10.5 Å². The first-order chi connectivity index (χ1) is 9.36. The lowest BCUT2D eigenvalue weighted by molar-refractivity contribution is 0.128. The molecular formula is C13H24N2O3S2. The number of nitrogens with two attached hydrogens (primary N) is 1. The van der Waals surface area contributed by atoms with E-state index in [1.54, 1.807) is 6.07 Å². The Bertz CT molecular complexity index is 510. The van der Waals surface area contributed by atoms with E-state index in [0.29, 0.717) is 29.9 Å². The van der Waals surface area contributed by atoms with Gasteiger partial charge in [-0.3, -0.25) is 0 Å². The summed E-state index contributed by atoms with van der Waals surface area (Å²) in [5.41, 5.74) is 6.48. The van der Waals surface area contributed by atoms with Crippen molar-refractivity contribution < 1.29 is 13.2 Å². The summed E-state index contributed by atoms with van der Waals surface area (Å²) in [6, 6.07) is 1.66. The molecule has 0 saturated carbocycles. The minimum absolute atomic E-state index is 0.287. The van der Waals surface area contributed by atoms with Crippen molar-refractivity contribution in [1.29, 1.82) is 0 Å². The average Bonchev–Trinajstić information content (AvgIpc) is 2.75. The Hall–Kier alpha value is -0.470. The van der Waals surface area contributed by atoms with Crippen molar-refractivity contribution >= 4 is 21.4 Å². The summed E-state index contributed by atoms with van der Waals surface area (Å²) in [5, 5.41) is 0. The normalized spacial score (nSPS) is 12.2. The van der Waals surface area contributed by atoms with Crippen molar-refractivity contribution in [2.45, 2.75) is 37.9 Å². The number of nitrogens with one attached hydrogen (secondary N) is 1. The van der Waals surface area contributed by atoms with Crippen LogP contribution in [0.25, 0.3) is 0 Å². The first kappa shape index (κ1) is 17.6.